The highest BCUT2D eigenvalue weighted by atomic mass is 16.4. The van der Waals surface area contributed by atoms with Crippen molar-refractivity contribution in [2.75, 3.05) is 0 Å². The van der Waals surface area contributed by atoms with Gasteiger partial charge in [-0.3, -0.25) is 4.79 Å². The predicted octanol–water partition coefficient (Wildman–Crippen LogP) is 2.67. The molecule has 0 atom stereocenters. The van der Waals surface area contributed by atoms with Crippen LogP contribution in [0.1, 0.15) is 24.8 Å². The van der Waals surface area contributed by atoms with Crippen LogP contribution in [-0.2, 0) is 10.2 Å². The van der Waals surface area contributed by atoms with Gasteiger partial charge in [0.2, 0.25) is 0 Å². The molecule has 82 valence electrons. The number of rotatable bonds is 3. The average molecular weight is 215 g/mol. The fourth-order valence-corrected chi connectivity index (χ4v) is 2.51. The lowest BCUT2D eigenvalue weighted by Crippen LogP contribution is -2.13. The first kappa shape index (κ1) is 9.46. The first-order chi connectivity index (χ1) is 7.71. The Morgan fingerprint density at radius 3 is 2.88 bits per heavy atom. The van der Waals surface area contributed by atoms with Gasteiger partial charge in [-0.25, -0.2) is 0 Å². The second-order valence-electron chi connectivity index (χ2n) is 4.60. The monoisotopic (exact) mass is 215 g/mol. The molecule has 1 heterocycles. The lowest BCUT2D eigenvalue weighted by atomic mass is 9.91. The molecule has 0 radical (unpaired) electrons. The van der Waals surface area contributed by atoms with Gasteiger partial charge in [0.15, 0.2) is 0 Å². The van der Waals surface area contributed by atoms with E-state index in [0.717, 1.165) is 29.3 Å². The van der Waals surface area contributed by atoms with E-state index in [4.69, 9.17) is 5.11 Å². The van der Waals surface area contributed by atoms with Gasteiger partial charge in [0, 0.05) is 17.1 Å². The number of H-pyrrole nitrogens is 1. The fraction of sp³-hybridized carbons (Fsp3) is 0.308. The molecule has 1 aliphatic carbocycles. The number of para-hydroxylation sites is 1. The maximum atomic E-state index is 10.9. The number of carbonyl (C=O) groups is 1. The van der Waals surface area contributed by atoms with E-state index in [-0.39, 0.29) is 11.8 Å². The van der Waals surface area contributed by atoms with Crippen molar-refractivity contribution in [2.24, 2.45) is 0 Å². The number of aromatic amines is 1. The number of carboxylic acids is 1. The smallest absolute Gasteiger partial charge is 0.304 e. The van der Waals surface area contributed by atoms with E-state index in [9.17, 15) is 4.79 Å². The molecule has 1 aromatic heterocycles. The van der Waals surface area contributed by atoms with E-state index < -0.39 is 5.97 Å². The van der Waals surface area contributed by atoms with Gasteiger partial charge < -0.3 is 10.1 Å². The van der Waals surface area contributed by atoms with Crippen molar-refractivity contribution in [1.29, 1.82) is 0 Å². The van der Waals surface area contributed by atoms with Crippen LogP contribution in [0.4, 0.5) is 0 Å². The summed E-state index contributed by atoms with van der Waals surface area (Å²) < 4.78 is 0. The molecule has 3 heteroatoms. The van der Waals surface area contributed by atoms with Crippen LogP contribution in [0.15, 0.2) is 30.5 Å². The first-order valence-corrected chi connectivity index (χ1v) is 5.50. The Morgan fingerprint density at radius 2 is 2.19 bits per heavy atom. The summed E-state index contributed by atoms with van der Waals surface area (Å²) in [6.45, 7) is 0. The lowest BCUT2D eigenvalue weighted by Gasteiger charge is -2.14. The molecule has 0 bridgehead atoms. The molecule has 0 aliphatic heterocycles. The number of hydrogen-bond acceptors (Lipinski definition) is 1. The Morgan fingerprint density at radius 1 is 1.38 bits per heavy atom. The second-order valence-corrected chi connectivity index (χ2v) is 4.60. The van der Waals surface area contributed by atoms with Crippen LogP contribution in [0, 0.1) is 0 Å². The molecule has 16 heavy (non-hydrogen) atoms. The Balaban J connectivity index is 2.12. The molecule has 0 saturated heterocycles. The molecule has 2 aromatic rings. The molecule has 2 N–H and O–H groups in total. The number of benzene rings is 1. The normalized spacial score (nSPS) is 17.5. The summed E-state index contributed by atoms with van der Waals surface area (Å²) in [4.78, 5) is 14.1. The zero-order valence-electron chi connectivity index (χ0n) is 8.86. The molecular formula is C13H13NO2. The van der Waals surface area contributed by atoms with Gasteiger partial charge in [0.25, 0.3) is 0 Å². The summed E-state index contributed by atoms with van der Waals surface area (Å²) in [7, 11) is 0. The molecular weight excluding hydrogens is 202 g/mol. The van der Waals surface area contributed by atoms with Crippen LogP contribution >= 0.6 is 0 Å². The van der Waals surface area contributed by atoms with E-state index in [2.05, 4.69) is 11.1 Å². The van der Waals surface area contributed by atoms with Crippen molar-refractivity contribution >= 4 is 16.9 Å². The van der Waals surface area contributed by atoms with Gasteiger partial charge >= 0.3 is 5.97 Å². The number of aromatic nitrogens is 1. The first-order valence-electron chi connectivity index (χ1n) is 5.50. The van der Waals surface area contributed by atoms with E-state index in [1.54, 1.807) is 0 Å². The van der Waals surface area contributed by atoms with E-state index in [1.807, 2.05) is 24.4 Å². The number of carboxylic acid groups (broad SMARTS) is 1. The third-order valence-electron chi connectivity index (χ3n) is 3.50. The summed E-state index contributed by atoms with van der Waals surface area (Å²) in [6, 6.07) is 8.13. The highest BCUT2D eigenvalue weighted by Crippen LogP contribution is 2.52. The lowest BCUT2D eigenvalue weighted by molar-refractivity contribution is -0.137. The fourth-order valence-electron chi connectivity index (χ4n) is 2.51. The van der Waals surface area contributed by atoms with Crippen molar-refractivity contribution in [1.82, 2.24) is 4.98 Å². The Kier molecular flexibility index (Phi) is 1.84. The molecule has 0 spiro atoms. The molecule has 1 saturated carbocycles. The average Bonchev–Trinajstić information content (AvgIpc) is 2.85. The van der Waals surface area contributed by atoms with E-state index in [1.165, 1.54) is 0 Å². The van der Waals surface area contributed by atoms with Crippen LogP contribution in [-0.4, -0.2) is 16.1 Å². The highest BCUT2D eigenvalue weighted by Gasteiger charge is 2.46. The highest BCUT2D eigenvalue weighted by molar-refractivity contribution is 5.85. The second kappa shape index (κ2) is 3.11. The van der Waals surface area contributed by atoms with Crippen LogP contribution in [0.3, 0.4) is 0 Å². The van der Waals surface area contributed by atoms with Gasteiger partial charge in [-0.2, -0.15) is 0 Å². The topological polar surface area (TPSA) is 53.1 Å². The molecule has 3 rings (SSSR count). The summed E-state index contributed by atoms with van der Waals surface area (Å²) in [5.41, 5.74) is 2.15. The SMILES string of the molecule is O=C(O)CC1(c2cccc3cc[nH]c23)CC1. The predicted molar refractivity (Wildman–Crippen MR) is 61.5 cm³/mol. The maximum Gasteiger partial charge on any atom is 0.304 e. The molecule has 0 unspecified atom stereocenters. The zero-order valence-corrected chi connectivity index (χ0v) is 8.86. The van der Waals surface area contributed by atoms with Crippen LogP contribution in [0.25, 0.3) is 10.9 Å². The third-order valence-corrected chi connectivity index (χ3v) is 3.50. The third kappa shape index (κ3) is 1.32. The van der Waals surface area contributed by atoms with Crippen LogP contribution < -0.4 is 0 Å². The number of fused-ring (bicyclic) bond motifs is 1. The van der Waals surface area contributed by atoms with E-state index in [0.29, 0.717) is 0 Å². The van der Waals surface area contributed by atoms with Gasteiger partial charge in [-0.15, -0.1) is 0 Å². The van der Waals surface area contributed by atoms with Gasteiger partial charge in [0.1, 0.15) is 0 Å². The van der Waals surface area contributed by atoms with E-state index >= 15 is 0 Å². The molecule has 0 amide bonds. The summed E-state index contributed by atoms with van der Waals surface area (Å²) >= 11 is 0. The number of hydrogen-bond donors (Lipinski definition) is 2. The minimum atomic E-state index is -0.707. The van der Waals surface area contributed by atoms with Gasteiger partial charge in [-0.1, -0.05) is 18.2 Å². The summed E-state index contributed by atoms with van der Waals surface area (Å²) in [5, 5.41) is 10.1. The number of aliphatic carboxylic acids is 1. The Bertz CT molecular complexity index is 552. The van der Waals surface area contributed by atoms with Gasteiger partial charge in [0.05, 0.1) is 6.42 Å². The van der Waals surface area contributed by atoms with Gasteiger partial charge in [-0.05, 0) is 29.9 Å². The summed E-state index contributed by atoms with van der Waals surface area (Å²) in [6.07, 6.45) is 4.12. The van der Waals surface area contributed by atoms with Crippen LogP contribution in [0.2, 0.25) is 0 Å². The van der Waals surface area contributed by atoms with Crippen molar-refractivity contribution in [3.8, 4) is 0 Å². The Hall–Kier alpha value is -1.77. The minimum Gasteiger partial charge on any atom is -0.481 e. The molecule has 1 fully saturated rings. The minimum absolute atomic E-state index is 0.115. The quantitative estimate of drug-likeness (QED) is 0.827. The van der Waals surface area contributed by atoms with Crippen molar-refractivity contribution < 1.29 is 9.90 Å². The molecule has 1 aliphatic rings. The summed E-state index contributed by atoms with van der Waals surface area (Å²) in [5.74, 6) is -0.707. The van der Waals surface area contributed by atoms with Crippen molar-refractivity contribution in [3.63, 3.8) is 0 Å². The molecule has 3 nitrogen and oxygen atoms in total. The molecule has 1 aromatic carbocycles. The van der Waals surface area contributed by atoms with Crippen LogP contribution in [0.5, 0.6) is 0 Å². The maximum absolute atomic E-state index is 10.9. The van der Waals surface area contributed by atoms with Crippen molar-refractivity contribution in [2.45, 2.75) is 24.7 Å². The number of nitrogens with one attached hydrogen (secondary N) is 1. The standard InChI is InChI=1S/C13H13NO2/c15-11(16)8-13(5-6-13)10-3-1-2-9-4-7-14-12(9)10/h1-4,7,14H,5-6,8H2,(H,15,16). The zero-order chi connectivity index (χ0) is 11.2. The largest absolute Gasteiger partial charge is 0.481 e. The Labute approximate surface area is 93.1 Å². The van der Waals surface area contributed by atoms with Crippen molar-refractivity contribution in [3.05, 3.63) is 36.0 Å².